The van der Waals surface area contributed by atoms with Gasteiger partial charge in [-0.05, 0) is 23.3 Å². The van der Waals surface area contributed by atoms with Crippen LogP contribution in [-0.4, -0.2) is 31.1 Å². The summed E-state index contributed by atoms with van der Waals surface area (Å²) < 4.78 is 1.13. The number of hydrogen-bond donors (Lipinski definition) is 1. The van der Waals surface area contributed by atoms with Crippen LogP contribution in [0.1, 0.15) is 17.2 Å². The monoisotopic (exact) mass is 364 g/mol. The van der Waals surface area contributed by atoms with Gasteiger partial charge in [-0.1, -0.05) is 63.9 Å². The fourth-order valence-electron chi connectivity index (χ4n) is 2.89. The molecule has 1 aliphatic heterocycles. The topological polar surface area (TPSA) is 15.3 Å². The fourth-order valence-corrected chi connectivity index (χ4v) is 3.64. The first kappa shape index (κ1) is 15.0. The van der Waals surface area contributed by atoms with Gasteiger partial charge in [0, 0.05) is 35.7 Å². The molecule has 21 heavy (non-hydrogen) atoms. The standard InChI is InChI=1S/C17H18BrClN2/c18-15-7-3-1-5-13(15)17(21-11-9-20-10-12-21)14-6-2-4-8-16(14)19/h1-8,17,20H,9-12H2. The number of nitrogens with one attached hydrogen (secondary N) is 1. The van der Waals surface area contributed by atoms with Crippen LogP contribution in [0.3, 0.4) is 0 Å². The minimum Gasteiger partial charge on any atom is -0.314 e. The van der Waals surface area contributed by atoms with Gasteiger partial charge in [-0.25, -0.2) is 0 Å². The van der Waals surface area contributed by atoms with Crippen LogP contribution in [0.4, 0.5) is 0 Å². The van der Waals surface area contributed by atoms with E-state index in [1.165, 1.54) is 11.1 Å². The summed E-state index contributed by atoms with van der Waals surface area (Å²) in [5, 5.41) is 4.25. The second kappa shape index (κ2) is 6.93. The second-order valence-corrected chi connectivity index (χ2v) is 6.49. The van der Waals surface area contributed by atoms with Crippen LogP contribution in [-0.2, 0) is 0 Å². The van der Waals surface area contributed by atoms with Crippen molar-refractivity contribution in [3.63, 3.8) is 0 Å². The van der Waals surface area contributed by atoms with Crippen LogP contribution >= 0.6 is 27.5 Å². The Bertz CT molecular complexity index is 566. The van der Waals surface area contributed by atoms with Crippen molar-refractivity contribution >= 4 is 27.5 Å². The predicted octanol–water partition coefficient (Wildman–Crippen LogP) is 4.10. The Hall–Kier alpha value is -0.870. The molecule has 0 aliphatic carbocycles. The average Bonchev–Trinajstić information content (AvgIpc) is 2.52. The lowest BCUT2D eigenvalue weighted by atomic mass is 9.96. The number of halogens is 2. The molecule has 1 N–H and O–H groups in total. The van der Waals surface area contributed by atoms with Gasteiger partial charge in [-0.3, -0.25) is 4.90 Å². The Balaban J connectivity index is 2.07. The Kier molecular flexibility index (Phi) is 4.96. The molecule has 1 aliphatic rings. The SMILES string of the molecule is Clc1ccccc1C(c1ccccc1Br)N1CCNCC1. The van der Waals surface area contributed by atoms with Gasteiger partial charge >= 0.3 is 0 Å². The van der Waals surface area contributed by atoms with E-state index >= 15 is 0 Å². The molecule has 0 bridgehead atoms. The summed E-state index contributed by atoms with van der Waals surface area (Å²) in [4.78, 5) is 2.50. The molecule has 0 spiro atoms. The van der Waals surface area contributed by atoms with E-state index in [-0.39, 0.29) is 6.04 Å². The van der Waals surface area contributed by atoms with E-state index in [1.807, 2.05) is 12.1 Å². The molecule has 0 amide bonds. The molecule has 2 aromatic rings. The van der Waals surface area contributed by atoms with Gasteiger partial charge in [-0.2, -0.15) is 0 Å². The lowest BCUT2D eigenvalue weighted by Crippen LogP contribution is -2.45. The van der Waals surface area contributed by atoms with E-state index < -0.39 is 0 Å². The molecule has 2 aromatic carbocycles. The summed E-state index contributed by atoms with van der Waals surface area (Å²) in [6.45, 7) is 4.09. The molecule has 0 aromatic heterocycles. The Morgan fingerprint density at radius 3 is 2.24 bits per heavy atom. The second-order valence-electron chi connectivity index (χ2n) is 5.23. The van der Waals surface area contributed by atoms with Crippen molar-refractivity contribution in [1.29, 1.82) is 0 Å². The van der Waals surface area contributed by atoms with E-state index in [0.717, 1.165) is 35.7 Å². The van der Waals surface area contributed by atoms with E-state index in [9.17, 15) is 0 Å². The number of piperazine rings is 1. The first-order valence-electron chi connectivity index (χ1n) is 7.21. The summed E-state index contributed by atoms with van der Waals surface area (Å²) >= 11 is 10.2. The first-order valence-corrected chi connectivity index (χ1v) is 8.38. The van der Waals surface area contributed by atoms with E-state index in [4.69, 9.17) is 11.6 Å². The molecule has 1 atom stereocenters. The van der Waals surface area contributed by atoms with Crippen molar-refractivity contribution in [3.8, 4) is 0 Å². The Labute approximate surface area is 139 Å². The highest BCUT2D eigenvalue weighted by atomic mass is 79.9. The zero-order valence-electron chi connectivity index (χ0n) is 11.7. The first-order chi connectivity index (χ1) is 10.3. The van der Waals surface area contributed by atoms with E-state index in [0.29, 0.717) is 0 Å². The minimum absolute atomic E-state index is 0.191. The quantitative estimate of drug-likeness (QED) is 0.881. The van der Waals surface area contributed by atoms with Crippen LogP contribution in [0, 0.1) is 0 Å². The van der Waals surface area contributed by atoms with Crippen molar-refractivity contribution in [1.82, 2.24) is 10.2 Å². The van der Waals surface area contributed by atoms with Gasteiger partial charge in [-0.15, -0.1) is 0 Å². The molecule has 2 nitrogen and oxygen atoms in total. The lowest BCUT2D eigenvalue weighted by molar-refractivity contribution is 0.198. The van der Waals surface area contributed by atoms with Crippen molar-refractivity contribution in [2.24, 2.45) is 0 Å². The van der Waals surface area contributed by atoms with Crippen LogP contribution < -0.4 is 5.32 Å². The van der Waals surface area contributed by atoms with E-state index in [1.54, 1.807) is 0 Å². The van der Waals surface area contributed by atoms with Crippen LogP contribution in [0.25, 0.3) is 0 Å². The molecule has 3 rings (SSSR count). The molecular weight excluding hydrogens is 348 g/mol. The highest BCUT2D eigenvalue weighted by Crippen LogP contribution is 2.36. The normalized spacial score (nSPS) is 17.6. The molecule has 1 saturated heterocycles. The zero-order chi connectivity index (χ0) is 14.7. The van der Waals surface area contributed by atoms with Crippen molar-refractivity contribution in [3.05, 3.63) is 69.2 Å². The Morgan fingerprint density at radius 2 is 1.57 bits per heavy atom. The van der Waals surface area contributed by atoms with Crippen LogP contribution in [0.2, 0.25) is 5.02 Å². The summed E-state index contributed by atoms with van der Waals surface area (Å²) in [5.74, 6) is 0. The van der Waals surface area contributed by atoms with Gasteiger partial charge in [0.25, 0.3) is 0 Å². The molecule has 4 heteroatoms. The van der Waals surface area contributed by atoms with Crippen LogP contribution in [0.5, 0.6) is 0 Å². The molecule has 110 valence electrons. The van der Waals surface area contributed by atoms with Gasteiger partial charge in [0.15, 0.2) is 0 Å². The maximum atomic E-state index is 6.48. The highest BCUT2D eigenvalue weighted by Gasteiger charge is 2.26. The highest BCUT2D eigenvalue weighted by molar-refractivity contribution is 9.10. The van der Waals surface area contributed by atoms with Crippen molar-refractivity contribution in [2.75, 3.05) is 26.2 Å². The van der Waals surface area contributed by atoms with E-state index in [2.05, 4.69) is 62.5 Å². The zero-order valence-corrected chi connectivity index (χ0v) is 14.1. The summed E-state index contributed by atoms with van der Waals surface area (Å²) in [7, 11) is 0. The largest absolute Gasteiger partial charge is 0.314 e. The van der Waals surface area contributed by atoms with Gasteiger partial charge in [0.2, 0.25) is 0 Å². The Morgan fingerprint density at radius 1 is 0.952 bits per heavy atom. The molecule has 1 heterocycles. The molecule has 1 fully saturated rings. The molecular formula is C17H18BrClN2. The third kappa shape index (κ3) is 3.32. The smallest absolute Gasteiger partial charge is 0.0628 e. The molecule has 1 unspecified atom stereocenters. The fraction of sp³-hybridized carbons (Fsp3) is 0.294. The van der Waals surface area contributed by atoms with Gasteiger partial charge < -0.3 is 5.32 Å². The number of nitrogens with zero attached hydrogens (tertiary/aromatic N) is 1. The third-order valence-electron chi connectivity index (χ3n) is 3.92. The predicted molar refractivity (Wildman–Crippen MR) is 91.9 cm³/mol. The van der Waals surface area contributed by atoms with Crippen molar-refractivity contribution in [2.45, 2.75) is 6.04 Å². The summed E-state index contributed by atoms with van der Waals surface area (Å²) in [6.07, 6.45) is 0. The maximum absolute atomic E-state index is 6.48. The number of rotatable bonds is 3. The minimum atomic E-state index is 0.191. The van der Waals surface area contributed by atoms with Gasteiger partial charge in [0.1, 0.15) is 0 Å². The molecule has 0 saturated carbocycles. The number of hydrogen-bond acceptors (Lipinski definition) is 2. The number of benzene rings is 2. The van der Waals surface area contributed by atoms with Crippen molar-refractivity contribution < 1.29 is 0 Å². The lowest BCUT2D eigenvalue weighted by Gasteiger charge is -2.36. The maximum Gasteiger partial charge on any atom is 0.0628 e. The summed E-state index contributed by atoms with van der Waals surface area (Å²) in [5.41, 5.74) is 2.44. The molecule has 0 radical (unpaired) electrons. The third-order valence-corrected chi connectivity index (χ3v) is 4.98. The average molecular weight is 366 g/mol. The van der Waals surface area contributed by atoms with Gasteiger partial charge in [0.05, 0.1) is 6.04 Å². The summed E-state index contributed by atoms with van der Waals surface area (Å²) in [6, 6.07) is 16.8. The van der Waals surface area contributed by atoms with Crippen LogP contribution in [0.15, 0.2) is 53.0 Å².